The van der Waals surface area contributed by atoms with Crippen LogP contribution in [-0.2, 0) is 0 Å². The van der Waals surface area contributed by atoms with E-state index in [1.54, 1.807) is 23.3 Å². The van der Waals surface area contributed by atoms with Gasteiger partial charge < -0.3 is 5.73 Å². The van der Waals surface area contributed by atoms with Crippen molar-refractivity contribution < 1.29 is 0 Å². The molecule has 3 aromatic rings. The Kier molecular flexibility index (Phi) is 2.72. The molecule has 2 heterocycles. The topological polar surface area (TPSA) is 69.6 Å². The molecular formula is C14H13N5. The highest BCUT2D eigenvalue weighted by molar-refractivity contribution is 5.66. The summed E-state index contributed by atoms with van der Waals surface area (Å²) in [5.74, 6) is 0.556. The van der Waals surface area contributed by atoms with Crippen LogP contribution in [0.2, 0.25) is 0 Å². The van der Waals surface area contributed by atoms with Crippen molar-refractivity contribution in [2.45, 2.75) is 6.92 Å². The van der Waals surface area contributed by atoms with Crippen molar-refractivity contribution >= 4 is 5.69 Å². The fourth-order valence-electron chi connectivity index (χ4n) is 1.80. The number of nitrogens with two attached hydrogens (primary N) is 1. The predicted octanol–water partition coefficient (Wildman–Crippen LogP) is 2.22. The van der Waals surface area contributed by atoms with Crippen LogP contribution < -0.4 is 5.73 Å². The molecule has 0 aliphatic heterocycles. The van der Waals surface area contributed by atoms with Crippen LogP contribution in [0.25, 0.3) is 17.1 Å². The Labute approximate surface area is 110 Å². The minimum Gasteiger partial charge on any atom is -0.399 e. The minimum absolute atomic E-state index is 0.556. The molecule has 0 aliphatic carbocycles. The second-order valence-electron chi connectivity index (χ2n) is 4.36. The van der Waals surface area contributed by atoms with Crippen LogP contribution in [0.3, 0.4) is 0 Å². The number of hydrogen-bond acceptors (Lipinski definition) is 4. The largest absolute Gasteiger partial charge is 0.399 e. The molecule has 5 heteroatoms. The summed E-state index contributed by atoms with van der Waals surface area (Å²) in [5.41, 5.74) is 9.54. The fourth-order valence-corrected chi connectivity index (χ4v) is 1.80. The molecule has 0 spiro atoms. The summed E-state index contributed by atoms with van der Waals surface area (Å²) in [6.45, 7) is 1.95. The zero-order chi connectivity index (χ0) is 13.2. The second kappa shape index (κ2) is 4.53. The maximum Gasteiger partial charge on any atom is 0.250 e. The molecule has 0 fully saturated rings. The monoisotopic (exact) mass is 251 g/mol. The number of anilines is 1. The summed E-state index contributed by atoms with van der Waals surface area (Å²) in [4.78, 5) is 8.48. The molecule has 2 N–H and O–H groups in total. The molecular weight excluding hydrogens is 238 g/mol. The highest BCUT2D eigenvalue weighted by atomic mass is 15.3. The lowest BCUT2D eigenvalue weighted by molar-refractivity contribution is 0.805. The van der Waals surface area contributed by atoms with Crippen LogP contribution in [0.15, 0.2) is 49.1 Å². The van der Waals surface area contributed by atoms with Crippen LogP contribution in [0.4, 0.5) is 5.69 Å². The minimum atomic E-state index is 0.556. The van der Waals surface area contributed by atoms with Gasteiger partial charge in [-0.1, -0.05) is 12.1 Å². The molecule has 3 rings (SSSR count). The standard InChI is InChI=1S/C14H13N5/c1-10-6-16-14(17-7-10)19-9-12(8-18-19)11-3-2-4-13(15)5-11/h2-9H,15H2,1H3. The third-order valence-corrected chi connectivity index (χ3v) is 2.77. The smallest absolute Gasteiger partial charge is 0.250 e. The molecule has 1 aromatic carbocycles. The van der Waals surface area contributed by atoms with E-state index in [0.717, 1.165) is 22.4 Å². The molecule has 94 valence electrons. The quantitative estimate of drug-likeness (QED) is 0.709. The van der Waals surface area contributed by atoms with Gasteiger partial charge in [0.15, 0.2) is 0 Å². The van der Waals surface area contributed by atoms with E-state index in [1.807, 2.05) is 37.4 Å². The highest BCUT2D eigenvalue weighted by Crippen LogP contribution is 2.21. The van der Waals surface area contributed by atoms with Crippen molar-refractivity contribution in [1.82, 2.24) is 19.7 Å². The second-order valence-corrected chi connectivity index (χ2v) is 4.36. The maximum atomic E-state index is 5.78. The van der Waals surface area contributed by atoms with Gasteiger partial charge in [0.05, 0.1) is 6.20 Å². The van der Waals surface area contributed by atoms with Gasteiger partial charge in [-0.25, -0.2) is 14.6 Å². The van der Waals surface area contributed by atoms with Crippen LogP contribution in [-0.4, -0.2) is 19.7 Å². The third kappa shape index (κ3) is 2.30. The number of aromatic nitrogens is 4. The Bertz CT molecular complexity index is 700. The normalized spacial score (nSPS) is 10.6. The SMILES string of the molecule is Cc1cnc(-n2cc(-c3cccc(N)c3)cn2)nc1. The Morgan fingerprint density at radius 1 is 1.05 bits per heavy atom. The molecule has 0 unspecified atom stereocenters. The summed E-state index contributed by atoms with van der Waals surface area (Å²) in [5, 5.41) is 4.27. The number of benzene rings is 1. The average molecular weight is 251 g/mol. The first-order chi connectivity index (χ1) is 9.22. The molecule has 5 nitrogen and oxygen atoms in total. The van der Waals surface area contributed by atoms with Crippen molar-refractivity contribution in [3.05, 3.63) is 54.6 Å². The molecule has 0 saturated heterocycles. The highest BCUT2D eigenvalue weighted by Gasteiger charge is 2.05. The predicted molar refractivity (Wildman–Crippen MR) is 73.7 cm³/mol. The van der Waals surface area contributed by atoms with Gasteiger partial charge in [0.25, 0.3) is 0 Å². The van der Waals surface area contributed by atoms with E-state index in [2.05, 4.69) is 15.1 Å². The summed E-state index contributed by atoms with van der Waals surface area (Å²) in [6, 6.07) is 7.69. The van der Waals surface area contributed by atoms with E-state index >= 15 is 0 Å². The van der Waals surface area contributed by atoms with Gasteiger partial charge in [-0.15, -0.1) is 0 Å². The number of hydrogen-bond donors (Lipinski definition) is 1. The molecule has 0 atom stereocenters. The Morgan fingerprint density at radius 3 is 2.58 bits per heavy atom. The van der Waals surface area contributed by atoms with E-state index in [4.69, 9.17) is 5.73 Å². The van der Waals surface area contributed by atoms with Crippen LogP contribution in [0, 0.1) is 6.92 Å². The number of aryl methyl sites for hydroxylation is 1. The van der Waals surface area contributed by atoms with E-state index in [1.165, 1.54) is 0 Å². The van der Waals surface area contributed by atoms with Crippen molar-refractivity contribution in [3.8, 4) is 17.1 Å². The van der Waals surface area contributed by atoms with Gasteiger partial charge in [0.2, 0.25) is 5.95 Å². The van der Waals surface area contributed by atoms with Gasteiger partial charge in [-0.05, 0) is 30.2 Å². The van der Waals surface area contributed by atoms with Gasteiger partial charge in [0.1, 0.15) is 0 Å². The molecule has 2 aromatic heterocycles. The summed E-state index contributed by atoms with van der Waals surface area (Å²) >= 11 is 0. The van der Waals surface area contributed by atoms with Crippen molar-refractivity contribution in [2.75, 3.05) is 5.73 Å². The Morgan fingerprint density at radius 2 is 1.84 bits per heavy atom. The number of rotatable bonds is 2. The molecule has 0 bridgehead atoms. The van der Waals surface area contributed by atoms with Crippen molar-refractivity contribution in [1.29, 1.82) is 0 Å². The van der Waals surface area contributed by atoms with E-state index in [-0.39, 0.29) is 0 Å². The van der Waals surface area contributed by atoms with Gasteiger partial charge >= 0.3 is 0 Å². The fraction of sp³-hybridized carbons (Fsp3) is 0.0714. The van der Waals surface area contributed by atoms with E-state index < -0.39 is 0 Å². The van der Waals surface area contributed by atoms with Crippen molar-refractivity contribution in [3.63, 3.8) is 0 Å². The lowest BCUT2D eigenvalue weighted by Crippen LogP contribution is -2.00. The summed E-state index contributed by atoms with van der Waals surface area (Å²) < 4.78 is 1.65. The zero-order valence-corrected chi connectivity index (χ0v) is 10.5. The zero-order valence-electron chi connectivity index (χ0n) is 10.5. The van der Waals surface area contributed by atoms with E-state index in [9.17, 15) is 0 Å². The number of nitrogen functional groups attached to an aromatic ring is 1. The Balaban J connectivity index is 1.97. The summed E-state index contributed by atoms with van der Waals surface area (Å²) in [7, 11) is 0. The average Bonchev–Trinajstić information content (AvgIpc) is 2.89. The first-order valence-corrected chi connectivity index (χ1v) is 5.92. The molecule has 19 heavy (non-hydrogen) atoms. The van der Waals surface area contributed by atoms with Gasteiger partial charge in [-0.2, -0.15) is 5.10 Å². The summed E-state index contributed by atoms with van der Waals surface area (Å²) in [6.07, 6.45) is 7.20. The van der Waals surface area contributed by atoms with Crippen LogP contribution in [0.5, 0.6) is 0 Å². The lowest BCUT2D eigenvalue weighted by atomic mass is 10.1. The number of nitrogens with zero attached hydrogens (tertiary/aromatic N) is 4. The molecule has 0 aliphatic rings. The maximum absolute atomic E-state index is 5.78. The van der Waals surface area contributed by atoms with E-state index in [0.29, 0.717) is 5.95 Å². The van der Waals surface area contributed by atoms with Gasteiger partial charge in [-0.3, -0.25) is 0 Å². The molecule has 0 radical (unpaired) electrons. The molecule has 0 saturated carbocycles. The van der Waals surface area contributed by atoms with Crippen LogP contribution in [0.1, 0.15) is 5.56 Å². The first kappa shape index (κ1) is 11.4. The van der Waals surface area contributed by atoms with Crippen LogP contribution >= 0.6 is 0 Å². The lowest BCUT2D eigenvalue weighted by Gasteiger charge is -1.99. The molecule has 0 amide bonds. The van der Waals surface area contributed by atoms with Crippen molar-refractivity contribution in [2.24, 2.45) is 0 Å². The Hall–Kier alpha value is -2.69. The first-order valence-electron chi connectivity index (χ1n) is 5.92. The van der Waals surface area contributed by atoms with Gasteiger partial charge in [0, 0.05) is 29.8 Å². The third-order valence-electron chi connectivity index (χ3n) is 2.77.